The first kappa shape index (κ1) is 13.9. The van der Waals surface area contributed by atoms with Crippen molar-refractivity contribution in [2.75, 3.05) is 19.0 Å². The van der Waals surface area contributed by atoms with E-state index in [1.165, 1.54) is 38.5 Å². The summed E-state index contributed by atoms with van der Waals surface area (Å²) < 4.78 is 2.15. The van der Waals surface area contributed by atoms with Gasteiger partial charge in [-0.1, -0.05) is 19.3 Å². The van der Waals surface area contributed by atoms with Gasteiger partial charge in [0.05, 0.1) is 6.33 Å². The van der Waals surface area contributed by atoms with E-state index in [0.29, 0.717) is 0 Å². The molecular weight excluding hydrogens is 246 g/mol. The van der Waals surface area contributed by atoms with Gasteiger partial charge in [-0.15, -0.1) is 11.6 Å². The quantitative estimate of drug-likeness (QED) is 0.709. The lowest BCUT2D eigenvalue weighted by molar-refractivity contribution is 0.161. The van der Waals surface area contributed by atoms with Crippen LogP contribution >= 0.6 is 11.6 Å². The van der Waals surface area contributed by atoms with Crippen molar-refractivity contribution in [1.29, 1.82) is 0 Å². The molecule has 0 amide bonds. The lowest BCUT2D eigenvalue weighted by Crippen LogP contribution is -2.39. The van der Waals surface area contributed by atoms with Crippen molar-refractivity contribution in [2.24, 2.45) is 0 Å². The Hall–Kier alpha value is -0.540. The Bertz CT molecular complexity index is 307. The fourth-order valence-electron chi connectivity index (χ4n) is 2.91. The topological polar surface area (TPSA) is 21.1 Å². The van der Waals surface area contributed by atoms with Gasteiger partial charge in [0.15, 0.2) is 0 Å². The molecule has 18 heavy (non-hydrogen) atoms. The maximum atomic E-state index is 5.94. The summed E-state index contributed by atoms with van der Waals surface area (Å²) in [6, 6.07) is 0.778. The Kier molecular flexibility index (Phi) is 6.01. The third-order valence-corrected chi connectivity index (χ3v) is 4.05. The van der Waals surface area contributed by atoms with Gasteiger partial charge < -0.3 is 4.57 Å². The number of halogens is 1. The van der Waals surface area contributed by atoms with Crippen molar-refractivity contribution in [3.63, 3.8) is 0 Å². The number of alkyl halides is 1. The Balaban J connectivity index is 1.74. The molecule has 1 aromatic heterocycles. The van der Waals surface area contributed by atoms with Crippen LogP contribution in [0.3, 0.4) is 0 Å². The summed E-state index contributed by atoms with van der Waals surface area (Å²) in [5, 5.41) is 0. The van der Waals surface area contributed by atoms with E-state index in [2.05, 4.69) is 14.5 Å². The lowest BCUT2D eigenvalue weighted by atomic mass is 9.94. The van der Waals surface area contributed by atoms with Crippen molar-refractivity contribution in [3.8, 4) is 0 Å². The number of aryl methyl sites for hydroxylation is 1. The Morgan fingerprint density at radius 3 is 2.72 bits per heavy atom. The molecule has 2 rings (SSSR count). The van der Waals surface area contributed by atoms with E-state index in [4.69, 9.17) is 11.6 Å². The Morgan fingerprint density at radius 2 is 2.06 bits per heavy atom. The Labute approximate surface area is 115 Å². The van der Waals surface area contributed by atoms with Crippen LogP contribution in [-0.2, 0) is 6.54 Å². The average molecular weight is 270 g/mol. The van der Waals surface area contributed by atoms with Gasteiger partial charge in [-0.05, 0) is 19.3 Å². The maximum absolute atomic E-state index is 5.94. The van der Waals surface area contributed by atoms with Crippen LogP contribution in [0, 0.1) is 0 Å². The molecule has 0 bridgehead atoms. The SMILES string of the molecule is ClCCN(CCCn1ccnc1)C1CCCCC1. The highest BCUT2D eigenvalue weighted by Crippen LogP contribution is 2.22. The van der Waals surface area contributed by atoms with Gasteiger partial charge in [0, 0.05) is 43.9 Å². The smallest absolute Gasteiger partial charge is 0.0945 e. The molecule has 3 nitrogen and oxygen atoms in total. The van der Waals surface area contributed by atoms with Gasteiger partial charge in [0.2, 0.25) is 0 Å². The molecule has 1 aromatic rings. The minimum atomic E-state index is 0.752. The standard InChI is InChI=1S/C14H24ClN3/c15-7-11-18(14-5-2-1-3-6-14)10-4-9-17-12-8-16-13-17/h8,12-14H,1-7,9-11H2. The summed E-state index contributed by atoms with van der Waals surface area (Å²) in [6.45, 7) is 3.26. The van der Waals surface area contributed by atoms with Gasteiger partial charge in [-0.3, -0.25) is 4.90 Å². The van der Waals surface area contributed by atoms with Crippen LogP contribution in [0.4, 0.5) is 0 Å². The molecule has 0 saturated heterocycles. The van der Waals surface area contributed by atoms with E-state index in [0.717, 1.165) is 31.6 Å². The average Bonchev–Trinajstić information content (AvgIpc) is 2.92. The Morgan fingerprint density at radius 1 is 1.22 bits per heavy atom. The van der Waals surface area contributed by atoms with E-state index in [9.17, 15) is 0 Å². The summed E-state index contributed by atoms with van der Waals surface area (Å²) in [7, 11) is 0. The molecule has 0 spiro atoms. The van der Waals surface area contributed by atoms with E-state index in [-0.39, 0.29) is 0 Å². The molecule has 1 fully saturated rings. The minimum Gasteiger partial charge on any atom is -0.337 e. The third-order valence-electron chi connectivity index (χ3n) is 3.88. The van der Waals surface area contributed by atoms with Gasteiger partial charge >= 0.3 is 0 Å². The summed E-state index contributed by atoms with van der Waals surface area (Å²) in [6.07, 6.45) is 13.9. The van der Waals surface area contributed by atoms with Gasteiger partial charge in [-0.2, -0.15) is 0 Å². The maximum Gasteiger partial charge on any atom is 0.0945 e. The molecule has 0 atom stereocenters. The number of rotatable bonds is 7. The largest absolute Gasteiger partial charge is 0.337 e. The molecule has 1 saturated carbocycles. The van der Waals surface area contributed by atoms with Crippen LogP contribution in [-0.4, -0.2) is 39.5 Å². The van der Waals surface area contributed by atoms with Crippen LogP contribution < -0.4 is 0 Å². The molecule has 0 aliphatic heterocycles. The summed E-state index contributed by atoms with van der Waals surface area (Å²) >= 11 is 5.94. The van der Waals surface area contributed by atoms with Gasteiger partial charge in [0.1, 0.15) is 0 Å². The monoisotopic (exact) mass is 269 g/mol. The van der Waals surface area contributed by atoms with E-state index >= 15 is 0 Å². The van der Waals surface area contributed by atoms with E-state index in [1.807, 2.05) is 18.7 Å². The van der Waals surface area contributed by atoms with Crippen LogP contribution in [0.1, 0.15) is 38.5 Å². The zero-order valence-electron chi connectivity index (χ0n) is 11.1. The molecule has 0 aromatic carbocycles. The van der Waals surface area contributed by atoms with Crippen LogP contribution in [0.25, 0.3) is 0 Å². The van der Waals surface area contributed by atoms with Crippen molar-refractivity contribution >= 4 is 11.6 Å². The lowest BCUT2D eigenvalue weighted by Gasteiger charge is -2.34. The number of aromatic nitrogens is 2. The zero-order valence-corrected chi connectivity index (χ0v) is 11.9. The molecule has 1 aliphatic rings. The number of hydrogen-bond acceptors (Lipinski definition) is 2. The predicted octanol–water partition coefficient (Wildman–Crippen LogP) is 3.15. The van der Waals surface area contributed by atoms with Crippen molar-refractivity contribution < 1.29 is 0 Å². The molecule has 0 radical (unpaired) electrons. The minimum absolute atomic E-state index is 0.752. The first-order chi connectivity index (χ1) is 8.90. The number of nitrogens with zero attached hydrogens (tertiary/aromatic N) is 3. The summed E-state index contributed by atoms with van der Waals surface area (Å²) in [4.78, 5) is 6.67. The second-order valence-corrected chi connectivity index (χ2v) is 5.55. The number of hydrogen-bond donors (Lipinski definition) is 0. The molecule has 4 heteroatoms. The van der Waals surface area contributed by atoms with E-state index in [1.54, 1.807) is 0 Å². The van der Waals surface area contributed by atoms with Gasteiger partial charge in [0.25, 0.3) is 0 Å². The first-order valence-electron chi connectivity index (χ1n) is 7.16. The second-order valence-electron chi connectivity index (χ2n) is 5.17. The second kappa shape index (κ2) is 7.80. The molecule has 0 unspecified atom stereocenters. The highest BCUT2D eigenvalue weighted by Gasteiger charge is 2.19. The molecule has 102 valence electrons. The molecular formula is C14H24ClN3. The summed E-state index contributed by atoms with van der Waals surface area (Å²) in [5.41, 5.74) is 0. The van der Waals surface area contributed by atoms with Crippen molar-refractivity contribution in [2.45, 2.75) is 51.1 Å². The van der Waals surface area contributed by atoms with Gasteiger partial charge in [-0.25, -0.2) is 4.98 Å². The van der Waals surface area contributed by atoms with Crippen LogP contribution in [0.2, 0.25) is 0 Å². The third kappa shape index (κ3) is 4.29. The zero-order chi connectivity index (χ0) is 12.6. The van der Waals surface area contributed by atoms with Crippen molar-refractivity contribution in [3.05, 3.63) is 18.7 Å². The predicted molar refractivity (Wildman–Crippen MR) is 76.0 cm³/mol. The van der Waals surface area contributed by atoms with Crippen molar-refractivity contribution in [1.82, 2.24) is 14.5 Å². The molecule has 0 N–H and O–H groups in total. The van der Waals surface area contributed by atoms with Crippen LogP contribution in [0.5, 0.6) is 0 Å². The highest BCUT2D eigenvalue weighted by molar-refractivity contribution is 6.18. The molecule has 1 heterocycles. The fraction of sp³-hybridized carbons (Fsp3) is 0.786. The molecule has 1 aliphatic carbocycles. The van der Waals surface area contributed by atoms with Crippen LogP contribution in [0.15, 0.2) is 18.7 Å². The highest BCUT2D eigenvalue weighted by atomic mass is 35.5. The van der Waals surface area contributed by atoms with E-state index < -0.39 is 0 Å². The first-order valence-corrected chi connectivity index (χ1v) is 7.69. The fourth-order valence-corrected chi connectivity index (χ4v) is 3.12. The summed E-state index contributed by atoms with van der Waals surface area (Å²) in [5.74, 6) is 0.752. The normalized spacial score (nSPS) is 17.4. The number of imidazole rings is 1.